The standard InChI is InChI=1S/C14H17NOS/c1-3-15-14(13-8-5-9-17-13)11-6-4-7-12(10-11)16-2/h4-10,14-15H,3H2,1-2H3. The first-order valence-electron chi connectivity index (χ1n) is 5.76. The summed E-state index contributed by atoms with van der Waals surface area (Å²) < 4.78 is 5.28. The summed E-state index contributed by atoms with van der Waals surface area (Å²) in [5.74, 6) is 0.905. The Morgan fingerprint density at radius 3 is 2.82 bits per heavy atom. The topological polar surface area (TPSA) is 21.3 Å². The fourth-order valence-corrected chi connectivity index (χ4v) is 2.69. The SMILES string of the molecule is CCNC(c1cccc(OC)c1)c1cccs1. The van der Waals surface area contributed by atoms with Crippen molar-refractivity contribution in [3.05, 3.63) is 52.2 Å². The zero-order chi connectivity index (χ0) is 12.1. The van der Waals surface area contributed by atoms with Crippen molar-refractivity contribution in [1.29, 1.82) is 0 Å². The molecule has 0 fully saturated rings. The van der Waals surface area contributed by atoms with Crippen LogP contribution >= 0.6 is 11.3 Å². The van der Waals surface area contributed by atoms with Crippen molar-refractivity contribution in [2.24, 2.45) is 0 Å². The van der Waals surface area contributed by atoms with Gasteiger partial charge in [0.1, 0.15) is 5.75 Å². The van der Waals surface area contributed by atoms with Crippen LogP contribution < -0.4 is 10.1 Å². The molecule has 17 heavy (non-hydrogen) atoms. The van der Waals surface area contributed by atoms with E-state index in [2.05, 4.69) is 41.9 Å². The molecule has 1 heterocycles. The molecule has 0 spiro atoms. The molecule has 3 heteroatoms. The van der Waals surface area contributed by atoms with Gasteiger partial charge >= 0.3 is 0 Å². The van der Waals surface area contributed by atoms with Gasteiger partial charge in [-0.1, -0.05) is 25.1 Å². The van der Waals surface area contributed by atoms with E-state index in [1.165, 1.54) is 10.4 Å². The van der Waals surface area contributed by atoms with Crippen LogP contribution in [0.2, 0.25) is 0 Å². The Balaban J connectivity index is 2.32. The Morgan fingerprint density at radius 2 is 2.18 bits per heavy atom. The van der Waals surface area contributed by atoms with Crippen LogP contribution in [0.1, 0.15) is 23.4 Å². The summed E-state index contributed by atoms with van der Waals surface area (Å²) in [6.45, 7) is 3.07. The number of thiophene rings is 1. The van der Waals surface area contributed by atoms with Crippen LogP contribution in [0, 0.1) is 0 Å². The number of rotatable bonds is 5. The van der Waals surface area contributed by atoms with Gasteiger partial charge < -0.3 is 10.1 Å². The molecule has 2 nitrogen and oxygen atoms in total. The minimum atomic E-state index is 0.259. The van der Waals surface area contributed by atoms with Gasteiger partial charge in [-0.05, 0) is 35.7 Å². The average Bonchev–Trinajstić information content (AvgIpc) is 2.89. The molecule has 1 aromatic heterocycles. The lowest BCUT2D eigenvalue weighted by molar-refractivity contribution is 0.413. The Labute approximate surface area is 106 Å². The van der Waals surface area contributed by atoms with Crippen molar-refractivity contribution < 1.29 is 4.74 Å². The summed E-state index contributed by atoms with van der Waals surface area (Å²) in [6.07, 6.45) is 0. The molecule has 0 radical (unpaired) electrons. The maximum absolute atomic E-state index is 5.28. The van der Waals surface area contributed by atoms with Gasteiger partial charge in [-0.2, -0.15) is 0 Å². The molecule has 1 N–H and O–H groups in total. The molecule has 2 rings (SSSR count). The second kappa shape index (κ2) is 5.84. The molecule has 0 bridgehead atoms. The molecule has 0 aliphatic heterocycles. The van der Waals surface area contributed by atoms with E-state index in [1.54, 1.807) is 18.4 Å². The van der Waals surface area contributed by atoms with E-state index >= 15 is 0 Å². The highest BCUT2D eigenvalue weighted by Crippen LogP contribution is 2.27. The van der Waals surface area contributed by atoms with Crippen LogP contribution in [-0.4, -0.2) is 13.7 Å². The van der Waals surface area contributed by atoms with Crippen LogP contribution in [0.5, 0.6) is 5.75 Å². The highest BCUT2D eigenvalue weighted by atomic mass is 32.1. The molecular formula is C14H17NOS. The molecule has 2 aromatic rings. The van der Waals surface area contributed by atoms with Gasteiger partial charge in [-0.25, -0.2) is 0 Å². The van der Waals surface area contributed by atoms with E-state index < -0.39 is 0 Å². The first-order chi connectivity index (χ1) is 8.35. The quantitative estimate of drug-likeness (QED) is 0.873. The zero-order valence-electron chi connectivity index (χ0n) is 10.1. The molecule has 1 atom stereocenters. The lowest BCUT2D eigenvalue weighted by Crippen LogP contribution is -2.21. The molecular weight excluding hydrogens is 230 g/mol. The first-order valence-corrected chi connectivity index (χ1v) is 6.64. The van der Waals surface area contributed by atoms with Gasteiger partial charge in [0.15, 0.2) is 0 Å². The van der Waals surface area contributed by atoms with Crippen LogP contribution in [0.4, 0.5) is 0 Å². The molecule has 90 valence electrons. The van der Waals surface area contributed by atoms with E-state index in [1.807, 2.05) is 12.1 Å². The molecule has 1 unspecified atom stereocenters. The third-order valence-electron chi connectivity index (χ3n) is 2.66. The Kier molecular flexibility index (Phi) is 4.18. The van der Waals surface area contributed by atoms with Crippen molar-refractivity contribution in [3.8, 4) is 5.75 Å². The largest absolute Gasteiger partial charge is 0.497 e. The number of methoxy groups -OCH3 is 1. The maximum Gasteiger partial charge on any atom is 0.119 e. The van der Waals surface area contributed by atoms with Crippen LogP contribution in [-0.2, 0) is 0 Å². The highest BCUT2D eigenvalue weighted by molar-refractivity contribution is 7.10. The lowest BCUT2D eigenvalue weighted by atomic mass is 10.1. The predicted octanol–water partition coefficient (Wildman–Crippen LogP) is 3.46. The van der Waals surface area contributed by atoms with Crippen molar-refractivity contribution in [2.45, 2.75) is 13.0 Å². The Morgan fingerprint density at radius 1 is 1.29 bits per heavy atom. The van der Waals surface area contributed by atoms with Gasteiger partial charge in [0, 0.05) is 4.88 Å². The third-order valence-corrected chi connectivity index (χ3v) is 3.60. The summed E-state index contributed by atoms with van der Waals surface area (Å²) in [5.41, 5.74) is 1.24. The lowest BCUT2D eigenvalue weighted by Gasteiger charge is -2.17. The van der Waals surface area contributed by atoms with Crippen LogP contribution in [0.25, 0.3) is 0 Å². The molecule has 1 aromatic carbocycles. The number of hydrogen-bond acceptors (Lipinski definition) is 3. The summed E-state index contributed by atoms with van der Waals surface area (Å²) in [5, 5.41) is 5.62. The number of benzene rings is 1. The number of ether oxygens (including phenoxy) is 1. The zero-order valence-corrected chi connectivity index (χ0v) is 11.0. The van der Waals surface area contributed by atoms with Crippen molar-refractivity contribution in [2.75, 3.05) is 13.7 Å². The summed E-state index contributed by atoms with van der Waals surface area (Å²) in [6, 6.07) is 12.7. The minimum Gasteiger partial charge on any atom is -0.497 e. The predicted molar refractivity (Wildman–Crippen MR) is 72.8 cm³/mol. The monoisotopic (exact) mass is 247 g/mol. The van der Waals surface area contributed by atoms with Gasteiger partial charge in [0.05, 0.1) is 13.2 Å². The highest BCUT2D eigenvalue weighted by Gasteiger charge is 2.14. The van der Waals surface area contributed by atoms with Gasteiger partial charge in [-0.15, -0.1) is 11.3 Å². The average molecular weight is 247 g/mol. The van der Waals surface area contributed by atoms with Crippen LogP contribution in [0.15, 0.2) is 41.8 Å². The molecule has 0 aliphatic rings. The maximum atomic E-state index is 5.28. The number of hydrogen-bond donors (Lipinski definition) is 1. The molecule has 0 saturated carbocycles. The van der Waals surface area contributed by atoms with E-state index in [0.29, 0.717) is 0 Å². The molecule has 0 amide bonds. The van der Waals surface area contributed by atoms with Crippen LogP contribution in [0.3, 0.4) is 0 Å². The summed E-state index contributed by atoms with van der Waals surface area (Å²) in [7, 11) is 1.70. The Bertz CT molecular complexity index is 453. The van der Waals surface area contributed by atoms with E-state index in [0.717, 1.165) is 12.3 Å². The minimum absolute atomic E-state index is 0.259. The first kappa shape index (κ1) is 12.1. The number of nitrogens with one attached hydrogen (secondary N) is 1. The van der Waals surface area contributed by atoms with Gasteiger partial charge in [-0.3, -0.25) is 0 Å². The van der Waals surface area contributed by atoms with E-state index in [-0.39, 0.29) is 6.04 Å². The summed E-state index contributed by atoms with van der Waals surface area (Å²) >= 11 is 1.78. The van der Waals surface area contributed by atoms with Gasteiger partial charge in [0.2, 0.25) is 0 Å². The fraction of sp³-hybridized carbons (Fsp3) is 0.286. The second-order valence-electron chi connectivity index (χ2n) is 3.78. The molecule has 0 aliphatic carbocycles. The van der Waals surface area contributed by atoms with Crippen molar-refractivity contribution in [3.63, 3.8) is 0 Å². The summed E-state index contributed by atoms with van der Waals surface area (Å²) in [4.78, 5) is 1.33. The van der Waals surface area contributed by atoms with E-state index in [4.69, 9.17) is 4.74 Å². The Hall–Kier alpha value is -1.32. The normalized spacial score (nSPS) is 12.4. The third kappa shape index (κ3) is 2.87. The van der Waals surface area contributed by atoms with Gasteiger partial charge in [0.25, 0.3) is 0 Å². The van der Waals surface area contributed by atoms with E-state index in [9.17, 15) is 0 Å². The van der Waals surface area contributed by atoms with Crippen molar-refractivity contribution in [1.82, 2.24) is 5.32 Å². The smallest absolute Gasteiger partial charge is 0.119 e. The molecule has 0 saturated heterocycles. The fourth-order valence-electron chi connectivity index (χ4n) is 1.86. The van der Waals surface area contributed by atoms with Crippen molar-refractivity contribution >= 4 is 11.3 Å². The second-order valence-corrected chi connectivity index (χ2v) is 4.76.